The van der Waals surface area contributed by atoms with Gasteiger partial charge in [0.15, 0.2) is 18.9 Å². The highest BCUT2D eigenvalue weighted by molar-refractivity contribution is 7.47. The van der Waals surface area contributed by atoms with Crippen LogP contribution < -0.4 is 16.0 Å². The number of unbranched alkanes of at least 4 members (excludes halogenated alkanes) is 15. The van der Waals surface area contributed by atoms with Crippen LogP contribution in [0, 0.1) is 0 Å². The van der Waals surface area contributed by atoms with Crippen molar-refractivity contribution in [1.82, 2.24) is 30.7 Å². The third kappa shape index (κ3) is 46.8. The van der Waals surface area contributed by atoms with E-state index in [1.165, 1.54) is 37.7 Å². The Hall–Kier alpha value is -4.63. The van der Waals surface area contributed by atoms with Crippen LogP contribution in [0.4, 0.5) is 0 Å². The van der Waals surface area contributed by atoms with Gasteiger partial charge in [-0.1, -0.05) is 71.6 Å². The average molecular weight is 1760 g/mol. The molecule has 3 saturated heterocycles. The number of methoxy groups -OCH3 is 1. The molecule has 17 unspecified atom stereocenters. The van der Waals surface area contributed by atoms with E-state index in [9.17, 15) is 113 Å². The molecular weight excluding hydrogens is 1610 g/mol. The summed E-state index contributed by atoms with van der Waals surface area (Å²) in [6, 6.07) is -3.18. The molecule has 0 saturated carbocycles. The fourth-order valence-corrected chi connectivity index (χ4v) is 14.6. The highest BCUT2D eigenvalue weighted by Gasteiger charge is 2.48. The van der Waals surface area contributed by atoms with Crippen molar-refractivity contribution in [1.29, 1.82) is 0 Å². The summed E-state index contributed by atoms with van der Waals surface area (Å²) in [6.45, 7) is 2.86. The molecule has 6 amide bonds. The van der Waals surface area contributed by atoms with Crippen LogP contribution in [0.25, 0.3) is 0 Å². The van der Waals surface area contributed by atoms with E-state index >= 15 is 0 Å². The van der Waals surface area contributed by atoms with Crippen LogP contribution in [0.2, 0.25) is 0 Å². The van der Waals surface area contributed by atoms with Gasteiger partial charge in [-0.15, -0.1) is 0 Å². The molecule has 119 heavy (non-hydrogen) atoms. The summed E-state index contributed by atoms with van der Waals surface area (Å²) in [4.78, 5) is 139. The first kappa shape index (κ1) is 110. The van der Waals surface area contributed by atoms with Crippen LogP contribution in [-0.4, -0.2) is 340 Å². The summed E-state index contributed by atoms with van der Waals surface area (Å²) < 4.78 is 86.4. The molecule has 0 aromatic rings. The molecule has 42 heteroatoms. The van der Waals surface area contributed by atoms with Crippen molar-refractivity contribution in [3.63, 3.8) is 0 Å². The van der Waals surface area contributed by atoms with Gasteiger partial charge in [0.05, 0.1) is 52.9 Å². The lowest BCUT2D eigenvalue weighted by molar-refractivity contribution is -0.270. The Labute approximate surface area is 699 Å². The fourth-order valence-electron chi connectivity index (χ4n) is 13.3. The molecule has 40 nitrogen and oxygen atoms in total. The highest BCUT2D eigenvalue weighted by Crippen LogP contribution is 2.44. The van der Waals surface area contributed by atoms with Crippen LogP contribution in [0.1, 0.15) is 227 Å². The van der Waals surface area contributed by atoms with Gasteiger partial charge in [0.2, 0.25) is 35.4 Å². The second kappa shape index (κ2) is 64.2. The largest absolute Gasteiger partial charge is 0.473 e. The van der Waals surface area contributed by atoms with E-state index in [1.807, 2.05) is 13.8 Å². The first-order chi connectivity index (χ1) is 56.8. The topological polar surface area (TPSA) is 578 Å². The van der Waals surface area contributed by atoms with Gasteiger partial charge in [-0.05, 0) is 77.0 Å². The Morgan fingerprint density at radius 1 is 0.336 bits per heavy atom. The molecule has 694 valence electrons. The summed E-state index contributed by atoms with van der Waals surface area (Å²) in [5.41, 5.74) is 0. The number of nitrogens with one attached hydrogen (secondary N) is 3. The molecule has 15 N–H and O–H groups in total. The van der Waals surface area contributed by atoms with Gasteiger partial charge in [-0.3, -0.25) is 61.2 Å². The van der Waals surface area contributed by atoms with Crippen LogP contribution in [-0.2, 0) is 104 Å². The van der Waals surface area contributed by atoms with Gasteiger partial charge in [0.1, 0.15) is 97.1 Å². The number of phosphoric ester groups is 2. The molecule has 3 heterocycles. The predicted molar refractivity (Wildman–Crippen MR) is 426 cm³/mol. The summed E-state index contributed by atoms with van der Waals surface area (Å²) in [6.07, 6.45) is -1.52. The lowest BCUT2D eigenvalue weighted by Crippen LogP contribution is -2.64. The predicted octanol–water partition coefficient (Wildman–Crippen LogP) is 1.65. The van der Waals surface area contributed by atoms with Crippen LogP contribution in [0.3, 0.4) is 0 Å². The maximum atomic E-state index is 13.7. The number of hydrogen-bond acceptors (Lipinski definition) is 32. The zero-order valence-corrected chi connectivity index (χ0v) is 72.3. The molecular formula is C77H142N6O34P2. The van der Waals surface area contributed by atoms with E-state index in [0.717, 1.165) is 4.90 Å². The van der Waals surface area contributed by atoms with Gasteiger partial charge < -0.3 is 125 Å². The molecule has 3 rings (SSSR count). The lowest BCUT2D eigenvalue weighted by atomic mass is 9.97. The Balaban J connectivity index is 0.0000238. The molecule has 3 fully saturated rings. The summed E-state index contributed by atoms with van der Waals surface area (Å²) >= 11 is 0. The van der Waals surface area contributed by atoms with Crippen molar-refractivity contribution in [3.05, 3.63) is 0 Å². The maximum absolute atomic E-state index is 13.7. The van der Waals surface area contributed by atoms with Crippen LogP contribution in [0.5, 0.6) is 0 Å². The number of phosphoric acid groups is 2. The molecule has 3 aliphatic rings. The number of amides is 6. The standard InChI is InChI=1S/C75H136N6O34P2.C2H6/c1-52(86)76-64-70(98)67(95)58(48-83)113-73(64)106-41-23-11-17-29-55(89)26-14-5-8-20-32-61(92)79(35-40-82)37-45-111-117(103,104)112-51-81(63(94)34-22-10-7-16-28-57(91)31-19-13-25-43-108-75-66(78-54(3)88)72(100)69(97)60(50-85)115-75)39-47-110-116(101,102)109-46-38-80(36-44-105-4)62(93)33-21-9-6-15-27-56(90)30-18-12-24-42-107-74-65(77-53(2)87)71(99)68(96)59(49-84)114-74;1-2/h58-60,64-75,82-85,95-100H,5-51H2,1-4H3,(H,76,86)(H,77,87)(H,78,88)(H,101,102)(H,103,104);1-2H3. The normalized spacial score (nSPS) is 24.0. The molecule has 0 bridgehead atoms. The van der Waals surface area contributed by atoms with Gasteiger partial charge in [0.25, 0.3) is 0 Å². The van der Waals surface area contributed by atoms with Crippen molar-refractivity contribution in [2.75, 3.05) is 119 Å². The quantitative estimate of drug-likeness (QED) is 0.0234. The van der Waals surface area contributed by atoms with Gasteiger partial charge in [-0.2, -0.15) is 0 Å². The second-order valence-electron chi connectivity index (χ2n) is 29.5. The van der Waals surface area contributed by atoms with E-state index in [4.69, 9.17) is 51.3 Å². The molecule has 0 radical (unpaired) electrons. The lowest BCUT2D eigenvalue weighted by Gasteiger charge is -2.42. The minimum absolute atomic E-state index is 0.0170. The molecule has 0 aliphatic carbocycles. The van der Waals surface area contributed by atoms with Crippen LogP contribution in [0.15, 0.2) is 0 Å². The Morgan fingerprint density at radius 2 is 0.588 bits per heavy atom. The monoisotopic (exact) mass is 1760 g/mol. The van der Waals surface area contributed by atoms with E-state index in [0.29, 0.717) is 167 Å². The Kier molecular flexibility index (Phi) is 59.5. The van der Waals surface area contributed by atoms with Gasteiger partial charge >= 0.3 is 15.6 Å². The van der Waals surface area contributed by atoms with E-state index in [2.05, 4.69) is 16.0 Å². The fraction of sp³-hybridized carbons (Fsp3) is 0.883. The number of aliphatic hydroxyl groups excluding tert-OH is 10. The zero-order valence-electron chi connectivity index (χ0n) is 70.5. The number of carbonyl (C=O) groups is 9. The number of Topliss-reactive ketones (excluding diaryl/α,β-unsaturated/α-hetero) is 3. The van der Waals surface area contributed by atoms with E-state index < -0.39 is 191 Å². The summed E-state index contributed by atoms with van der Waals surface area (Å²) in [5, 5.41) is 108. The van der Waals surface area contributed by atoms with Crippen molar-refractivity contribution in [3.8, 4) is 0 Å². The zero-order chi connectivity index (χ0) is 88.7. The Bertz CT molecular complexity index is 2960. The first-order valence-electron chi connectivity index (χ1n) is 42.1. The SMILES string of the molecule is CC.COCCN(CCOP(=O)(O)OCCN(COP(=O)(O)OCCN(CCO)C(=O)CCCCCCC(=O)CCCCCOC1OC(CO)C(O)C(O)C1NC(C)=O)C(=O)CCCCCCC(=O)CCCCCOC1OC(CO)C(O)C(O)C1NC(C)=O)C(=O)CCCCCCC(=O)CCCCCOC1OC(CO)C(O)C(O)C1NC(C)=O. The van der Waals surface area contributed by atoms with Crippen molar-refractivity contribution in [2.24, 2.45) is 0 Å². The number of carbonyl (C=O) groups excluding carboxylic acids is 9. The van der Waals surface area contributed by atoms with Gasteiger partial charge in [-0.25, -0.2) is 9.13 Å². The number of aliphatic hydroxyl groups is 10. The third-order valence-corrected chi connectivity index (χ3v) is 21.9. The summed E-state index contributed by atoms with van der Waals surface area (Å²) in [5.74, 6) is -2.54. The van der Waals surface area contributed by atoms with Crippen LogP contribution >= 0.6 is 15.6 Å². The van der Waals surface area contributed by atoms with Gasteiger partial charge in [0, 0.05) is 138 Å². The van der Waals surface area contributed by atoms with E-state index in [1.54, 1.807) is 0 Å². The number of rotatable bonds is 68. The maximum Gasteiger partial charge on any atom is 0.473 e. The number of nitrogens with zero attached hydrogens (tertiary/aromatic N) is 3. The third-order valence-electron chi connectivity index (χ3n) is 19.9. The number of hydrogen-bond donors (Lipinski definition) is 15. The molecule has 0 spiro atoms. The first-order valence-corrected chi connectivity index (χ1v) is 45.1. The number of ether oxygens (including phenoxy) is 7. The van der Waals surface area contributed by atoms with Crippen molar-refractivity contribution in [2.45, 2.75) is 319 Å². The highest BCUT2D eigenvalue weighted by atomic mass is 31.2. The van der Waals surface area contributed by atoms with Crippen molar-refractivity contribution >= 4 is 68.4 Å². The van der Waals surface area contributed by atoms with Crippen molar-refractivity contribution < 1.29 is 164 Å². The minimum Gasteiger partial charge on any atom is -0.395 e. The molecule has 3 aliphatic heterocycles. The average Bonchev–Trinajstić information content (AvgIpc) is 0.818. The Morgan fingerprint density at radius 3 is 0.866 bits per heavy atom. The number of ketones is 3. The smallest absolute Gasteiger partial charge is 0.395 e. The second-order valence-corrected chi connectivity index (χ2v) is 32.4. The molecule has 0 aromatic heterocycles. The molecule has 17 atom stereocenters. The summed E-state index contributed by atoms with van der Waals surface area (Å²) in [7, 11) is -8.41. The molecule has 0 aromatic carbocycles. The van der Waals surface area contributed by atoms with E-state index in [-0.39, 0.29) is 107 Å². The minimum atomic E-state index is -4.98.